The lowest BCUT2D eigenvalue weighted by molar-refractivity contribution is -0.441. The van der Waals surface area contributed by atoms with Gasteiger partial charge < -0.3 is 66.4 Å². The van der Waals surface area contributed by atoms with Crippen LogP contribution in [0.2, 0.25) is 0 Å². The topological polar surface area (TPSA) is 446 Å². The minimum absolute atomic E-state index is 0.00379. The van der Waals surface area contributed by atoms with E-state index in [-0.39, 0.29) is 191 Å². The Labute approximate surface area is 598 Å². The quantitative estimate of drug-likeness (QED) is 0.0158. The lowest BCUT2D eigenvalue weighted by atomic mass is 9.74. The van der Waals surface area contributed by atoms with E-state index < -0.39 is 105 Å². The summed E-state index contributed by atoms with van der Waals surface area (Å²) in [6, 6.07) is 9.19. The van der Waals surface area contributed by atoms with Crippen LogP contribution in [0.25, 0.3) is 21.5 Å². The first-order valence-corrected chi connectivity index (χ1v) is 39.9. The number of hydroxylamine groups is 2. The summed E-state index contributed by atoms with van der Waals surface area (Å²) in [5, 5.41) is 0.185. The molecule has 0 saturated carbocycles. The number of benzene rings is 4. The van der Waals surface area contributed by atoms with E-state index in [4.69, 9.17) is 56.9 Å². The first-order valence-electron chi connectivity index (χ1n) is 32.5. The number of allylic oxidation sites excluding steroid dienone is 6. The average Bonchev–Trinajstić information content (AvgIpc) is 1.58. The van der Waals surface area contributed by atoms with Gasteiger partial charge in [0.2, 0.25) is 5.69 Å². The zero-order valence-corrected chi connectivity index (χ0v) is 61.4. The number of methoxy groups -OCH3 is 2. The van der Waals surface area contributed by atoms with Crippen LogP contribution in [0.15, 0.2) is 104 Å². The van der Waals surface area contributed by atoms with E-state index in [1.54, 1.807) is 61.1 Å². The molecule has 2 unspecified atom stereocenters. The largest absolute Gasteiger partial charge is 0.744 e. The second kappa shape index (κ2) is 38.4. The van der Waals surface area contributed by atoms with Crippen LogP contribution in [0, 0.1) is 0 Å². The van der Waals surface area contributed by atoms with E-state index in [9.17, 15) is 79.2 Å². The van der Waals surface area contributed by atoms with Gasteiger partial charge in [-0.05, 0) is 97.3 Å². The van der Waals surface area contributed by atoms with Gasteiger partial charge in [0.05, 0.1) is 151 Å². The fourth-order valence-corrected chi connectivity index (χ4v) is 15.3. The molecule has 2 amide bonds. The maximum absolute atomic E-state index is 13.0. The molecule has 0 aliphatic carbocycles. The van der Waals surface area contributed by atoms with Crippen molar-refractivity contribution in [3.05, 3.63) is 95.7 Å². The highest BCUT2D eigenvalue weighted by Crippen LogP contribution is 2.54. The van der Waals surface area contributed by atoms with E-state index >= 15 is 0 Å². The molecule has 3 heterocycles. The number of fused-ring (bicyclic) bond motifs is 6. The molecule has 4 N–H and O–H groups in total. The van der Waals surface area contributed by atoms with E-state index in [2.05, 4.69) is 0 Å². The third-order valence-electron chi connectivity index (χ3n) is 16.9. The van der Waals surface area contributed by atoms with Crippen LogP contribution >= 0.6 is 0 Å². The normalized spacial score (nSPS) is 18.0. The van der Waals surface area contributed by atoms with Crippen LogP contribution in [0.1, 0.15) is 63.5 Å². The molecule has 572 valence electrons. The molecule has 0 aromatic heterocycles. The molecule has 0 bridgehead atoms. The Balaban J connectivity index is 1.11. The van der Waals surface area contributed by atoms with Crippen molar-refractivity contribution in [2.24, 2.45) is 0 Å². The summed E-state index contributed by atoms with van der Waals surface area (Å²) in [5.74, 6) is -2.62. The van der Waals surface area contributed by atoms with E-state index in [0.29, 0.717) is 65.4 Å². The molecule has 38 heteroatoms. The number of amides is 2. The van der Waals surface area contributed by atoms with E-state index in [0.717, 1.165) is 12.1 Å². The van der Waals surface area contributed by atoms with Crippen molar-refractivity contribution in [1.29, 1.82) is 0 Å². The first kappa shape index (κ1) is 84.1. The highest BCUT2D eigenvalue weighted by Gasteiger charge is 2.50. The Morgan fingerprint density at radius 2 is 1.01 bits per heavy atom. The summed E-state index contributed by atoms with van der Waals surface area (Å²) in [6.07, 6.45) is 8.05. The summed E-state index contributed by atoms with van der Waals surface area (Å²) in [7, 11) is -22.4. The molecule has 3 aliphatic heterocycles. The van der Waals surface area contributed by atoms with Gasteiger partial charge >= 0.3 is 5.97 Å². The Kier molecular flexibility index (Phi) is 31.3. The lowest BCUT2D eigenvalue weighted by Gasteiger charge is -2.31. The second-order valence-corrected chi connectivity index (χ2v) is 31.1. The summed E-state index contributed by atoms with van der Waals surface area (Å²) < 4.78 is 245. The average molecular weight is 1550 g/mol. The summed E-state index contributed by atoms with van der Waals surface area (Å²) >= 11 is 0. The van der Waals surface area contributed by atoms with Crippen molar-refractivity contribution in [2.45, 2.75) is 82.8 Å². The third-order valence-corrected chi connectivity index (χ3v) is 21.1. The predicted octanol–water partition coefficient (Wildman–Crippen LogP) is 4.27. The van der Waals surface area contributed by atoms with Crippen molar-refractivity contribution < 1.29 is 141 Å². The molecular weight excluding hydrogens is 1460 g/mol. The molecule has 7 rings (SSSR count). The number of nitrogens with zero attached hydrogens (tertiary/aromatic N) is 3. The number of anilines is 1. The van der Waals surface area contributed by atoms with Crippen LogP contribution in [0.3, 0.4) is 0 Å². The Morgan fingerprint density at radius 3 is 1.51 bits per heavy atom. The monoisotopic (exact) mass is 1550 g/mol. The molecule has 0 spiro atoms. The maximum Gasteiger partial charge on any atom is 0.335 e. The summed E-state index contributed by atoms with van der Waals surface area (Å²) in [4.78, 5) is 38.3. The minimum Gasteiger partial charge on any atom is -0.744 e. The SMILES string of the molecule is COCCOCCOCCOCCC1(C)\C(=C/C=C/C=C/C2=[N+](CCOC)c3ccc4c(S(=O)(=O)O)cc(S(=O)(=O)O)cc4c3C2(C)CCCS(=O)(=O)O)N(CCOCCOCCOCCOCCOCCOCCC(=O)ON2C(=O)CCC2=O)c2ccc3c(S(=O)(=O)[O-])cc(S(=O)(=O)O)cc3c21. The zero-order chi connectivity index (χ0) is 75.2. The van der Waals surface area contributed by atoms with Crippen molar-refractivity contribution >= 4 is 107 Å². The summed E-state index contributed by atoms with van der Waals surface area (Å²) in [5.41, 5.74) is -0.155. The number of carbonyl (C=O) groups excluding carboxylic acids is 3. The van der Waals surface area contributed by atoms with Crippen molar-refractivity contribution in [3.8, 4) is 0 Å². The number of imide groups is 1. The van der Waals surface area contributed by atoms with Gasteiger partial charge in [0.15, 0.2) is 12.3 Å². The predicted molar refractivity (Wildman–Crippen MR) is 367 cm³/mol. The Morgan fingerprint density at radius 1 is 0.534 bits per heavy atom. The zero-order valence-electron chi connectivity index (χ0n) is 57.3. The number of carbonyl (C=O) groups is 3. The van der Waals surface area contributed by atoms with Crippen LogP contribution in [-0.4, -0.2) is 263 Å². The molecule has 3 aliphatic rings. The fraction of sp³-hybridized carbons (Fsp3) is 0.538. The Hall–Kier alpha value is -6.19. The van der Waals surface area contributed by atoms with Crippen molar-refractivity contribution in [2.75, 3.05) is 170 Å². The standard InChI is InChI=1S/C65H87N3O30S5/c1-64(18-8-42-99(72,73)74)57(66(20-24-87-3)53-13-11-49-51(62(53)64)43-47(100(75,76)77)45-55(49)102(81,82)83)9-6-5-7-10-58-65(2,19-23-90-29-32-94-35-34-92-27-26-88-4)63-52-44-48(101(78,79)80)46-56(103(84,85)86)50(52)12-14-54(63)67(58)21-25-91-30-33-95-37-39-97-41-40-96-38-36-93-31-28-89-22-17-61(71)98-68-59(69)15-16-60(68)70/h5-7,9-14,43-46H,8,15-42H2,1-4H3,(H4-,72,73,74,75,76,77,78,79,80,81,82,83,84,85,86). The van der Waals surface area contributed by atoms with Crippen molar-refractivity contribution in [1.82, 2.24) is 5.06 Å². The van der Waals surface area contributed by atoms with Crippen LogP contribution < -0.4 is 4.90 Å². The molecule has 103 heavy (non-hydrogen) atoms. The van der Waals surface area contributed by atoms with Gasteiger partial charge in [-0.2, -0.15) is 38.2 Å². The molecule has 4 aromatic rings. The van der Waals surface area contributed by atoms with Crippen LogP contribution in [0.5, 0.6) is 0 Å². The first-order chi connectivity index (χ1) is 48.8. The third kappa shape index (κ3) is 23.4. The van der Waals surface area contributed by atoms with E-state index in [1.807, 2.05) is 11.8 Å². The number of rotatable bonds is 48. The van der Waals surface area contributed by atoms with Gasteiger partial charge in [-0.1, -0.05) is 24.3 Å². The van der Waals surface area contributed by atoms with E-state index in [1.165, 1.54) is 19.2 Å². The number of ether oxygens (including phenoxy) is 11. The van der Waals surface area contributed by atoms with Gasteiger partial charge in [0.25, 0.3) is 52.3 Å². The molecule has 33 nitrogen and oxygen atoms in total. The van der Waals surface area contributed by atoms with Gasteiger partial charge in [-0.3, -0.25) is 27.8 Å². The highest BCUT2D eigenvalue weighted by atomic mass is 32.2. The lowest BCUT2D eigenvalue weighted by Crippen LogP contribution is -2.32. The number of hydrogen-bond acceptors (Lipinski definition) is 27. The van der Waals surface area contributed by atoms with Gasteiger partial charge in [-0.25, -0.2) is 13.2 Å². The van der Waals surface area contributed by atoms with Gasteiger partial charge in [-0.15, -0.1) is 5.06 Å². The van der Waals surface area contributed by atoms with Crippen LogP contribution in [-0.2, 0) is 133 Å². The maximum atomic E-state index is 13.0. The molecular formula is C65H87N3O30S5. The minimum atomic E-state index is -5.40. The molecule has 0 radical (unpaired) electrons. The van der Waals surface area contributed by atoms with Crippen LogP contribution in [0.4, 0.5) is 11.4 Å². The molecule has 4 aromatic carbocycles. The smallest absolute Gasteiger partial charge is 0.335 e. The molecule has 2 atom stereocenters. The summed E-state index contributed by atoms with van der Waals surface area (Å²) in [6.45, 7) is 7.65. The van der Waals surface area contributed by atoms with Crippen molar-refractivity contribution in [3.63, 3.8) is 0 Å². The van der Waals surface area contributed by atoms with Gasteiger partial charge in [0, 0.05) is 80.1 Å². The van der Waals surface area contributed by atoms with Gasteiger partial charge in [0.1, 0.15) is 21.6 Å². The second-order valence-electron chi connectivity index (χ2n) is 23.9. The fourth-order valence-electron chi connectivity index (χ4n) is 12.1. The Bertz CT molecular complexity index is 4360. The number of hydrogen-bond donors (Lipinski definition) is 4. The highest BCUT2D eigenvalue weighted by molar-refractivity contribution is 7.87. The molecule has 1 saturated heterocycles. The molecule has 1 fully saturated rings.